The van der Waals surface area contributed by atoms with E-state index in [0.717, 1.165) is 11.1 Å². The minimum absolute atomic E-state index is 0.266. The minimum atomic E-state index is -3.62. The molecular weight excluding hydrogens is 324 g/mol. The molecule has 0 saturated carbocycles. The van der Waals surface area contributed by atoms with Crippen molar-refractivity contribution in [2.75, 3.05) is 6.54 Å². The zero-order valence-corrected chi connectivity index (χ0v) is 13.9. The number of hydrogen-bond donors (Lipinski definition) is 0. The lowest BCUT2D eigenvalue weighted by Gasteiger charge is -2.06. The van der Waals surface area contributed by atoms with Gasteiger partial charge in [0.1, 0.15) is 0 Å². The topological polar surface area (TPSA) is 87.8 Å². The molecule has 0 saturated heterocycles. The van der Waals surface area contributed by atoms with Gasteiger partial charge >= 0.3 is 0 Å². The third-order valence-electron chi connectivity index (χ3n) is 3.95. The number of aryl methyl sites for hydroxylation is 1. The number of benzene rings is 2. The number of hydrogen-bond acceptors (Lipinski definition) is 3. The van der Waals surface area contributed by atoms with E-state index in [4.69, 9.17) is 5.53 Å². The van der Waals surface area contributed by atoms with Crippen LogP contribution < -0.4 is 0 Å². The Balaban J connectivity index is 2.23. The summed E-state index contributed by atoms with van der Waals surface area (Å²) in [6, 6.07) is 14.0. The van der Waals surface area contributed by atoms with Crippen LogP contribution in [-0.2, 0) is 23.3 Å². The maximum absolute atomic E-state index is 13.0. The molecule has 122 valence electrons. The van der Waals surface area contributed by atoms with E-state index < -0.39 is 9.84 Å². The molecule has 6 nitrogen and oxygen atoms in total. The monoisotopic (exact) mass is 340 g/mol. The first-order valence-corrected chi connectivity index (χ1v) is 8.92. The van der Waals surface area contributed by atoms with Crippen molar-refractivity contribution in [3.8, 4) is 0 Å². The van der Waals surface area contributed by atoms with E-state index in [1.807, 2.05) is 29.8 Å². The van der Waals surface area contributed by atoms with Crippen LogP contribution in [0.5, 0.6) is 0 Å². The van der Waals surface area contributed by atoms with Crippen LogP contribution >= 0.6 is 0 Å². The molecule has 0 aliphatic rings. The van der Waals surface area contributed by atoms with Crippen molar-refractivity contribution < 1.29 is 8.42 Å². The Morgan fingerprint density at radius 2 is 1.88 bits per heavy atom. The summed E-state index contributed by atoms with van der Waals surface area (Å²) in [4.78, 5) is 3.30. The normalized spacial score (nSPS) is 11.4. The molecule has 0 N–H and O–H groups in total. The van der Waals surface area contributed by atoms with Crippen molar-refractivity contribution in [3.63, 3.8) is 0 Å². The van der Waals surface area contributed by atoms with Gasteiger partial charge in [-0.25, -0.2) is 8.42 Å². The molecule has 24 heavy (non-hydrogen) atoms. The predicted octanol–water partition coefficient (Wildman–Crippen LogP) is 3.86. The van der Waals surface area contributed by atoms with Crippen molar-refractivity contribution in [1.82, 2.24) is 4.57 Å². The molecule has 1 heterocycles. The zero-order valence-electron chi connectivity index (χ0n) is 13.1. The van der Waals surface area contributed by atoms with Gasteiger partial charge < -0.3 is 4.57 Å². The van der Waals surface area contributed by atoms with Gasteiger partial charge in [-0.1, -0.05) is 35.4 Å². The fourth-order valence-electron chi connectivity index (χ4n) is 2.83. The van der Waals surface area contributed by atoms with Gasteiger partial charge in [0, 0.05) is 35.6 Å². The molecular formula is C17H16N4O2S. The second-order valence-electron chi connectivity index (χ2n) is 5.44. The first-order chi connectivity index (χ1) is 11.6. The SMILES string of the molecule is Cn1cc(S(=O)(=O)c2ccccc2)c2c(CCN=[N+]=[N-])cccc21. The molecule has 0 bridgehead atoms. The van der Waals surface area contributed by atoms with Crippen molar-refractivity contribution in [3.05, 3.63) is 70.7 Å². The second-order valence-corrected chi connectivity index (χ2v) is 7.35. The number of rotatable bonds is 5. The van der Waals surface area contributed by atoms with Gasteiger partial charge in [-0.05, 0) is 35.7 Å². The number of aromatic nitrogens is 1. The van der Waals surface area contributed by atoms with E-state index in [1.165, 1.54) is 0 Å². The summed E-state index contributed by atoms with van der Waals surface area (Å²) in [5.74, 6) is 0. The first kappa shape index (κ1) is 16.1. The minimum Gasteiger partial charge on any atom is -0.349 e. The third-order valence-corrected chi connectivity index (χ3v) is 5.73. The summed E-state index contributed by atoms with van der Waals surface area (Å²) in [6.07, 6.45) is 2.13. The molecule has 0 fully saturated rings. The summed E-state index contributed by atoms with van der Waals surface area (Å²) in [7, 11) is -1.80. The molecule has 0 unspecified atom stereocenters. The molecule has 7 heteroatoms. The Bertz CT molecular complexity index is 1030. The van der Waals surface area contributed by atoms with Crippen LogP contribution in [-0.4, -0.2) is 19.5 Å². The molecule has 3 aromatic rings. The third kappa shape index (κ3) is 2.75. The van der Waals surface area contributed by atoms with Crippen LogP contribution in [0.25, 0.3) is 21.3 Å². The van der Waals surface area contributed by atoms with Crippen LogP contribution in [0.15, 0.2) is 69.6 Å². The fourth-order valence-corrected chi connectivity index (χ4v) is 4.40. The predicted molar refractivity (Wildman–Crippen MR) is 92.5 cm³/mol. The van der Waals surface area contributed by atoms with E-state index in [9.17, 15) is 8.42 Å². The Labute approximate surface area is 139 Å². The molecule has 0 aliphatic carbocycles. The maximum Gasteiger partial charge on any atom is 0.208 e. The Hall–Kier alpha value is -2.76. The number of sulfone groups is 1. The van der Waals surface area contributed by atoms with Gasteiger partial charge in [0.25, 0.3) is 0 Å². The fraction of sp³-hybridized carbons (Fsp3) is 0.176. The van der Waals surface area contributed by atoms with E-state index in [1.54, 1.807) is 36.5 Å². The highest BCUT2D eigenvalue weighted by Gasteiger charge is 2.24. The van der Waals surface area contributed by atoms with Crippen molar-refractivity contribution >= 4 is 20.7 Å². The molecule has 0 aliphatic heterocycles. The summed E-state index contributed by atoms with van der Waals surface area (Å²) < 4.78 is 27.9. The van der Waals surface area contributed by atoms with Gasteiger partial charge in [-0.2, -0.15) is 0 Å². The van der Waals surface area contributed by atoms with E-state index >= 15 is 0 Å². The number of fused-ring (bicyclic) bond motifs is 1. The highest BCUT2D eigenvalue weighted by atomic mass is 32.2. The van der Waals surface area contributed by atoms with Crippen LogP contribution in [0.4, 0.5) is 0 Å². The van der Waals surface area contributed by atoms with Crippen LogP contribution in [0, 0.1) is 0 Å². The average Bonchev–Trinajstić information content (AvgIpc) is 2.95. The zero-order chi connectivity index (χ0) is 17.2. The molecule has 0 spiro atoms. The van der Waals surface area contributed by atoms with Crippen molar-refractivity contribution in [2.45, 2.75) is 16.2 Å². The molecule has 1 aromatic heterocycles. The Morgan fingerprint density at radius 1 is 1.12 bits per heavy atom. The summed E-state index contributed by atoms with van der Waals surface area (Å²) in [5.41, 5.74) is 10.1. The number of azide groups is 1. The first-order valence-electron chi connectivity index (χ1n) is 7.43. The van der Waals surface area contributed by atoms with Gasteiger partial charge in [0.15, 0.2) is 0 Å². The van der Waals surface area contributed by atoms with Crippen molar-refractivity contribution in [1.29, 1.82) is 0 Å². The highest BCUT2D eigenvalue weighted by Crippen LogP contribution is 2.32. The van der Waals surface area contributed by atoms with Gasteiger partial charge in [-0.15, -0.1) is 0 Å². The van der Waals surface area contributed by atoms with Crippen molar-refractivity contribution in [2.24, 2.45) is 12.2 Å². The lowest BCUT2D eigenvalue weighted by Crippen LogP contribution is -2.02. The lowest BCUT2D eigenvalue weighted by molar-refractivity contribution is 0.596. The summed E-state index contributed by atoms with van der Waals surface area (Å²) in [6.45, 7) is 0.287. The van der Waals surface area contributed by atoms with E-state index in [2.05, 4.69) is 10.0 Å². The Morgan fingerprint density at radius 3 is 2.58 bits per heavy atom. The van der Waals surface area contributed by atoms with Crippen LogP contribution in [0.2, 0.25) is 0 Å². The lowest BCUT2D eigenvalue weighted by atomic mass is 10.1. The average molecular weight is 340 g/mol. The van der Waals surface area contributed by atoms with Gasteiger partial charge in [0.05, 0.1) is 9.79 Å². The number of nitrogens with zero attached hydrogens (tertiary/aromatic N) is 4. The molecule has 3 rings (SSSR count). The smallest absolute Gasteiger partial charge is 0.208 e. The molecule has 2 aromatic carbocycles. The molecule has 0 atom stereocenters. The second kappa shape index (κ2) is 6.39. The summed E-state index contributed by atoms with van der Waals surface area (Å²) in [5, 5.41) is 4.25. The molecule has 0 radical (unpaired) electrons. The molecule has 0 amide bonds. The maximum atomic E-state index is 13.0. The van der Waals surface area contributed by atoms with Crippen LogP contribution in [0.3, 0.4) is 0 Å². The van der Waals surface area contributed by atoms with Gasteiger partial charge in [-0.3, -0.25) is 0 Å². The van der Waals surface area contributed by atoms with Gasteiger partial charge in [0.2, 0.25) is 9.84 Å². The highest BCUT2D eigenvalue weighted by molar-refractivity contribution is 7.91. The quantitative estimate of drug-likeness (QED) is 0.401. The van der Waals surface area contributed by atoms with E-state index in [0.29, 0.717) is 11.8 Å². The van der Waals surface area contributed by atoms with Crippen LogP contribution in [0.1, 0.15) is 5.56 Å². The Kier molecular flexibility index (Phi) is 4.29. The van der Waals surface area contributed by atoms with E-state index in [-0.39, 0.29) is 16.3 Å². The summed E-state index contributed by atoms with van der Waals surface area (Å²) >= 11 is 0. The standard InChI is InChI=1S/C17H16N4O2S/c1-21-12-16(24(22,23)14-7-3-2-4-8-14)17-13(10-11-19-20-18)6-5-9-15(17)21/h2-9,12H,10-11H2,1H3. The largest absolute Gasteiger partial charge is 0.349 e.